The van der Waals surface area contributed by atoms with Gasteiger partial charge in [-0.2, -0.15) is 0 Å². The van der Waals surface area contributed by atoms with Crippen LogP contribution in [-0.4, -0.2) is 20.0 Å². The number of methoxy groups -OCH3 is 2. The zero-order chi connectivity index (χ0) is 26.9. The molecule has 0 aliphatic carbocycles. The summed E-state index contributed by atoms with van der Waals surface area (Å²) in [5.74, 6) is 1.61. The van der Waals surface area contributed by atoms with Crippen LogP contribution in [0.3, 0.4) is 0 Å². The van der Waals surface area contributed by atoms with Gasteiger partial charge in [-0.1, -0.05) is 60.2 Å². The van der Waals surface area contributed by atoms with Crippen molar-refractivity contribution in [2.75, 3.05) is 14.2 Å². The van der Waals surface area contributed by atoms with E-state index in [0.29, 0.717) is 29.4 Å². The predicted molar refractivity (Wildman–Crippen MR) is 150 cm³/mol. The molecule has 0 bridgehead atoms. The molecule has 5 heteroatoms. The van der Waals surface area contributed by atoms with Crippen LogP contribution in [0.1, 0.15) is 38.2 Å². The van der Waals surface area contributed by atoms with Crippen LogP contribution in [0.5, 0.6) is 17.2 Å². The summed E-state index contributed by atoms with van der Waals surface area (Å²) in [6.07, 6.45) is 7.26. The molecule has 4 aromatic carbocycles. The Kier molecular flexibility index (Phi) is 8.73. The number of halogens is 1. The molecule has 4 nitrogen and oxygen atoms in total. The smallest absolute Gasteiger partial charge is 0.185 e. The normalized spacial score (nSPS) is 11.2. The highest BCUT2D eigenvalue weighted by Crippen LogP contribution is 2.31. The van der Waals surface area contributed by atoms with Gasteiger partial charge in [0.1, 0.15) is 29.7 Å². The van der Waals surface area contributed by atoms with Crippen molar-refractivity contribution < 1.29 is 23.4 Å². The van der Waals surface area contributed by atoms with E-state index in [-0.39, 0.29) is 11.6 Å². The molecular formula is C33H29FO4. The first-order chi connectivity index (χ1) is 18.4. The van der Waals surface area contributed by atoms with Gasteiger partial charge in [-0.15, -0.1) is 0 Å². The fourth-order valence-corrected chi connectivity index (χ4v) is 3.89. The van der Waals surface area contributed by atoms with Crippen molar-refractivity contribution >= 4 is 24.0 Å². The van der Waals surface area contributed by atoms with Crippen molar-refractivity contribution in [1.29, 1.82) is 0 Å². The lowest BCUT2D eigenvalue weighted by molar-refractivity contribution is 0.104. The lowest BCUT2D eigenvalue weighted by atomic mass is 10.0. The molecule has 4 aromatic rings. The summed E-state index contributed by atoms with van der Waals surface area (Å²) in [5, 5.41) is 0. The van der Waals surface area contributed by atoms with E-state index in [9.17, 15) is 9.18 Å². The molecule has 0 spiro atoms. The molecule has 0 unspecified atom stereocenters. The van der Waals surface area contributed by atoms with Crippen LogP contribution in [0.15, 0.2) is 91.0 Å². The molecule has 0 atom stereocenters. The lowest BCUT2D eigenvalue weighted by Crippen LogP contribution is -1.96. The maximum absolute atomic E-state index is 13.1. The van der Waals surface area contributed by atoms with Gasteiger partial charge >= 0.3 is 0 Å². The highest BCUT2D eigenvalue weighted by Gasteiger charge is 2.10. The summed E-state index contributed by atoms with van der Waals surface area (Å²) in [4.78, 5) is 12.8. The zero-order valence-electron chi connectivity index (χ0n) is 21.6. The molecule has 0 amide bonds. The van der Waals surface area contributed by atoms with Crippen LogP contribution in [0.2, 0.25) is 0 Å². The Hall–Kier alpha value is -4.64. The summed E-state index contributed by atoms with van der Waals surface area (Å²) < 4.78 is 30.0. The molecule has 0 saturated carbocycles. The topological polar surface area (TPSA) is 44.8 Å². The number of ether oxygens (including phenoxy) is 3. The minimum absolute atomic E-state index is 0.0854. The van der Waals surface area contributed by atoms with Crippen molar-refractivity contribution in [3.8, 4) is 17.2 Å². The van der Waals surface area contributed by atoms with Crippen LogP contribution >= 0.6 is 0 Å². The van der Waals surface area contributed by atoms with E-state index in [1.807, 2.05) is 67.6 Å². The number of rotatable bonds is 10. The molecule has 0 aromatic heterocycles. The van der Waals surface area contributed by atoms with E-state index in [2.05, 4.69) is 0 Å². The molecule has 0 aliphatic rings. The van der Waals surface area contributed by atoms with E-state index in [0.717, 1.165) is 27.8 Å². The molecule has 0 fully saturated rings. The van der Waals surface area contributed by atoms with E-state index in [4.69, 9.17) is 14.2 Å². The highest BCUT2D eigenvalue weighted by molar-refractivity contribution is 6.07. The Morgan fingerprint density at radius 3 is 2.26 bits per heavy atom. The molecule has 0 saturated heterocycles. The monoisotopic (exact) mass is 508 g/mol. The summed E-state index contributed by atoms with van der Waals surface area (Å²) in [5.41, 5.74) is 5.13. The van der Waals surface area contributed by atoms with Gasteiger partial charge in [-0.05, 0) is 72.2 Å². The Morgan fingerprint density at radius 2 is 1.58 bits per heavy atom. The molecular weight excluding hydrogens is 479 g/mol. The third kappa shape index (κ3) is 6.98. The second-order valence-electron chi connectivity index (χ2n) is 8.72. The van der Waals surface area contributed by atoms with Gasteiger partial charge in [0.15, 0.2) is 5.78 Å². The molecule has 0 radical (unpaired) electrons. The summed E-state index contributed by atoms with van der Waals surface area (Å²) in [6.45, 7) is 2.32. The number of carbonyl (C=O) groups is 1. The Bertz CT molecular complexity index is 1450. The lowest BCUT2D eigenvalue weighted by Gasteiger charge is -2.12. The highest BCUT2D eigenvalue weighted by atomic mass is 19.1. The number of benzene rings is 4. The largest absolute Gasteiger partial charge is 0.497 e. The van der Waals surface area contributed by atoms with E-state index in [1.165, 1.54) is 12.1 Å². The van der Waals surface area contributed by atoms with Crippen molar-refractivity contribution in [1.82, 2.24) is 0 Å². The predicted octanol–water partition coefficient (Wildman–Crippen LogP) is 7.80. The second kappa shape index (κ2) is 12.5. The first-order valence-electron chi connectivity index (χ1n) is 12.2. The second-order valence-corrected chi connectivity index (χ2v) is 8.72. The molecule has 0 N–H and O–H groups in total. The quantitative estimate of drug-likeness (QED) is 0.125. The summed E-state index contributed by atoms with van der Waals surface area (Å²) >= 11 is 0. The number of carbonyl (C=O) groups excluding carboxylic acids is 1. The number of allylic oxidation sites excluding steroid dienone is 1. The van der Waals surface area contributed by atoms with Gasteiger partial charge < -0.3 is 14.2 Å². The van der Waals surface area contributed by atoms with Gasteiger partial charge in [0.05, 0.1) is 14.2 Å². The fourth-order valence-electron chi connectivity index (χ4n) is 3.89. The molecule has 0 heterocycles. The van der Waals surface area contributed by atoms with Crippen molar-refractivity contribution in [3.63, 3.8) is 0 Å². The Labute approximate surface area is 222 Å². The first kappa shape index (κ1) is 26.4. The van der Waals surface area contributed by atoms with Crippen LogP contribution in [0.25, 0.3) is 18.2 Å². The Morgan fingerprint density at radius 1 is 0.816 bits per heavy atom. The molecule has 0 aliphatic heterocycles. The van der Waals surface area contributed by atoms with Gasteiger partial charge in [0, 0.05) is 17.2 Å². The van der Waals surface area contributed by atoms with Crippen LogP contribution in [0.4, 0.5) is 4.39 Å². The van der Waals surface area contributed by atoms with E-state index in [1.54, 1.807) is 50.6 Å². The van der Waals surface area contributed by atoms with Crippen molar-refractivity contribution in [2.24, 2.45) is 0 Å². The summed E-state index contributed by atoms with van der Waals surface area (Å²) in [6, 6.07) is 25.1. The maximum atomic E-state index is 13.1. The SMILES string of the molecule is COc1cc(/C=C/c2ccc(OCc3ccc(F)cc3)cc2)c(/C=C/C(=O)c2cccc(C)c2)c(OC)c1. The van der Waals surface area contributed by atoms with Crippen LogP contribution in [0, 0.1) is 12.7 Å². The molecule has 38 heavy (non-hydrogen) atoms. The maximum Gasteiger partial charge on any atom is 0.185 e. The number of hydrogen-bond acceptors (Lipinski definition) is 4. The fraction of sp³-hybridized carbons (Fsp3) is 0.121. The number of hydrogen-bond donors (Lipinski definition) is 0. The molecule has 4 rings (SSSR count). The van der Waals surface area contributed by atoms with Gasteiger partial charge in [0.2, 0.25) is 0 Å². The minimum atomic E-state index is -0.268. The van der Waals surface area contributed by atoms with E-state index >= 15 is 0 Å². The van der Waals surface area contributed by atoms with E-state index < -0.39 is 0 Å². The Balaban J connectivity index is 1.53. The third-order valence-electron chi connectivity index (χ3n) is 5.96. The number of aryl methyl sites for hydroxylation is 1. The first-order valence-corrected chi connectivity index (χ1v) is 12.2. The summed E-state index contributed by atoms with van der Waals surface area (Å²) in [7, 11) is 3.19. The van der Waals surface area contributed by atoms with Gasteiger partial charge in [-0.25, -0.2) is 4.39 Å². The van der Waals surface area contributed by atoms with Gasteiger partial charge in [0.25, 0.3) is 0 Å². The zero-order valence-corrected chi connectivity index (χ0v) is 21.6. The van der Waals surface area contributed by atoms with Crippen molar-refractivity contribution in [2.45, 2.75) is 13.5 Å². The number of ketones is 1. The third-order valence-corrected chi connectivity index (χ3v) is 5.96. The van der Waals surface area contributed by atoms with Crippen LogP contribution < -0.4 is 14.2 Å². The standard InChI is InChI=1S/C33H29FO4/c1-23-5-4-6-27(19-23)32(35)18-17-31-26(20-30(36-2)21-33(31)37-3)12-7-24-10-15-29(16-11-24)38-22-25-8-13-28(34)14-9-25/h4-21H,22H2,1-3H3/b12-7+,18-17+. The van der Waals surface area contributed by atoms with Crippen molar-refractivity contribution in [3.05, 3.63) is 130 Å². The van der Waals surface area contributed by atoms with Gasteiger partial charge in [-0.3, -0.25) is 4.79 Å². The average Bonchev–Trinajstić information content (AvgIpc) is 2.94. The van der Waals surface area contributed by atoms with Crippen LogP contribution in [-0.2, 0) is 6.61 Å². The average molecular weight is 509 g/mol. The molecule has 192 valence electrons. The minimum Gasteiger partial charge on any atom is -0.497 e.